The van der Waals surface area contributed by atoms with Gasteiger partial charge in [-0.15, -0.1) is 0 Å². The van der Waals surface area contributed by atoms with Crippen molar-refractivity contribution in [1.82, 2.24) is 5.01 Å². The molecule has 116 valence electrons. The molecule has 2 aliphatic rings. The number of nitrogens with zero attached hydrogens (tertiary/aromatic N) is 3. The lowest BCUT2D eigenvalue weighted by Crippen LogP contribution is -2.25. The highest BCUT2D eigenvalue weighted by molar-refractivity contribution is 8.15. The lowest BCUT2D eigenvalue weighted by Gasteiger charge is -2.19. The molecular weight excluding hydrogens is 301 g/mol. The molecule has 0 aromatic heterocycles. The quantitative estimate of drug-likeness (QED) is 0.801. The number of hydrazone groups is 1. The van der Waals surface area contributed by atoms with E-state index in [1.165, 1.54) is 48.2 Å². The Morgan fingerprint density at radius 3 is 2.64 bits per heavy atom. The maximum absolute atomic E-state index is 12.9. The van der Waals surface area contributed by atoms with Crippen LogP contribution in [0.5, 0.6) is 0 Å². The number of thioether (sulfide) groups is 1. The predicted octanol–water partition coefficient (Wildman–Crippen LogP) is 3.42. The standard InChI is InChI=1S/C16H18FN3OS/c17-13-8-6-12(7-9-13)10-18-20-15(21)11-22-16(20)19-14-4-2-1-3-5-14/h6-10,14H,1-5,11H2/b18-10+,19-16?. The molecule has 2 fully saturated rings. The molecule has 4 nitrogen and oxygen atoms in total. The van der Waals surface area contributed by atoms with Crippen molar-refractivity contribution in [2.45, 2.75) is 38.1 Å². The summed E-state index contributed by atoms with van der Waals surface area (Å²) in [7, 11) is 0. The van der Waals surface area contributed by atoms with Crippen LogP contribution >= 0.6 is 11.8 Å². The fourth-order valence-corrected chi connectivity index (χ4v) is 3.47. The first-order valence-corrected chi connectivity index (χ1v) is 8.54. The third-order valence-corrected chi connectivity index (χ3v) is 4.73. The van der Waals surface area contributed by atoms with Crippen molar-refractivity contribution < 1.29 is 9.18 Å². The van der Waals surface area contributed by atoms with Gasteiger partial charge < -0.3 is 0 Å². The van der Waals surface area contributed by atoms with E-state index >= 15 is 0 Å². The fraction of sp³-hybridized carbons (Fsp3) is 0.438. The Balaban J connectivity index is 1.73. The van der Waals surface area contributed by atoms with Gasteiger partial charge in [0.05, 0.1) is 18.0 Å². The second-order valence-corrected chi connectivity index (χ2v) is 6.44. The second-order valence-electron chi connectivity index (χ2n) is 5.49. The Labute approximate surface area is 133 Å². The lowest BCUT2D eigenvalue weighted by atomic mass is 9.96. The van der Waals surface area contributed by atoms with E-state index in [1.54, 1.807) is 18.3 Å². The molecule has 1 aromatic rings. The van der Waals surface area contributed by atoms with Gasteiger partial charge in [0, 0.05) is 0 Å². The van der Waals surface area contributed by atoms with Crippen LogP contribution in [0.3, 0.4) is 0 Å². The zero-order valence-corrected chi connectivity index (χ0v) is 13.1. The van der Waals surface area contributed by atoms with Gasteiger partial charge in [-0.1, -0.05) is 43.2 Å². The molecule has 3 rings (SSSR count). The third-order valence-electron chi connectivity index (χ3n) is 3.80. The van der Waals surface area contributed by atoms with E-state index in [1.807, 2.05) is 0 Å². The monoisotopic (exact) mass is 319 g/mol. The van der Waals surface area contributed by atoms with Crippen LogP contribution in [0.4, 0.5) is 4.39 Å². The molecule has 0 atom stereocenters. The summed E-state index contributed by atoms with van der Waals surface area (Å²) in [6, 6.07) is 6.32. The molecule has 1 saturated heterocycles. The summed E-state index contributed by atoms with van der Waals surface area (Å²) in [5, 5.41) is 6.30. The largest absolute Gasteiger partial charge is 0.271 e. The Kier molecular flexibility index (Phi) is 4.87. The van der Waals surface area contributed by atoms with Gasteiger partial charge in [0.2, 0.25) is 0 Å². The van der Waals surface area contributed by atoms with E-state index in [0.29, 0.717) is 17.0 Å². The Hall–Kier alpha value is -1.69. The molecule has 0 N–H and O–H groups in total. The first-order valence-electron chi connectivity index (χ1n) is 7.55. The van der Waals surface area contributed by atoms with Crippen LogP contribution in [-0.2, 0) is 4.79 Å². The van der Waals surface area contributed by atoms with Crippen molar-refractivity contribution in [1.29, 1.82) is 0 Å². The number of carbonyl (C=O) groups excluding carboxylic acids is 1. The highest BCUT2D eigenvalue weighted by atomic mass is 32.2. The number of hydrogen-bond acceptors (Lipinski definition) is 4. The van der Waals surface area contributed by atoms with E-state index in [4.69, 9.17) is 4.99 Å². The van der Waals surface area contributed by atoms with E-state index in [-0.39, 0.29) is 11.7 Å². The molecule has 1 aromatic carbocycles. The zero-order chi connectivity index (χ0) is 15.4. The molecule has 0 bridgehead atoms. The first-order chi connectivity index (χ1) is 10.7. The molecule has 1 aliphatic heterocycles. The second kappa shape index (κ2) is 7.05. The molecule has 6 heteroatoms. The van der Waals surface area contributed by atoms with Gasteiger partial charge in [0.1, 0.15) is 5.82 Å². The van der Waals surface area contributed by atoms with Gasteiger partial charge in [-0.3, -0.25) is 9.79 Å². The van der Waals surface area contributed by atoms with Crippen molar-refractivity contribution in [3.8, 4) is 0 Å². The normalized spacial score (nSPS) is 22.1. The molecule has 1 saturated carbocycles. The van der Waals surface area contributed by atoms with Crippen molar-refractivity contribution >= 4 is 29.1 Å². The number of amides is 1. The summed E-state index contributed by atoms with van der Waals surface area (Å²) in [6.45, 7) is 0. The topological polar surface area (TPSA) is 45.0 Å². The van der Waals surface area contributed by atoms with E-state index in [2.05, 4.69) is 5.10 Å². The minimum absolute atomic E-state index is 0.0575. The van der Waals surface area contributed by atoms with Crippen molar-refractivity contribution in [2.24, 2.45) is 10.1 Å². The first kappa shape index (κ1) is 15.2. The van der Waals surface area contributed by atoms with E-state index < -0.39 is 0 Å². The van der Waals surface area contributed by atoms with Crippen molar-refractivity contribution in [3.05, 3.63) is 35.6 Å². The molecule has 0 radical (unpaired) electrons. The van der Waals surface area contributed by atoms with Gasteiger partial charge in [-0.2, -0.15) is 10.1 Å². The Bertz CT molecular complexity index is 594. The Morgan fingerprint density at radius 2 is 1.91 bits per heavy atom. The minimum atomic E-state index is -0.287. The smallest absolute Gasteiger partial charge is 0.259 e. The van der Waals surface area contributed by atoms with Crippen LogP contribution in [0, 0.1) is 5.82 Å². The highest BCUT2D eigenvalue weighted by Gasteiger charge is 2.29. The number of amidine groups is 1. The summed E-state index contributed by atoms with van der Waals surface area (Å²) in [6.07, 6.45) is 7.44. The van der Waals surface area contributed by atoms with Crippen LogP contribution in [0.15, 0.2) is 34.4 Å². The number of hydrogen-bond donors (Lipinski definition) is 0. The minimum Gasteiger partial charge on any atom is -0.271 e. The summed E-state index contributed by atoms with van der Waals surface area (Å²) in [4.78, 5) is 16.7. The Morgan fingerprint density at radius 1 is 1.18 bits per heavy atom. The van der Waals surface area contributed by atoms with Gasteiger partial charge >= 0.3 is 0 Å². The van der Waals surface area contributed by atoms with Crippen molar-refractivity contribution in [2.75, 3.05) is 5.75 Å². The predicted molar refractivity (Wildman–Crippen MR) is 87.6 cm³/mol. The number of carbonyl (C=O) groups is 1. The van der Waals surface area contributed by atoms with Crippen LogP contribution in [-0.4, -0.2) is 34.1 Å². The average molecular weight is 319 g/mol. The van der Waals surface area contributed by atoms with Crippen LogP contribution < -0.4 is 0 Å². The zero-order valence-electron chi connectivity index (χ0n) is 12.2. The average Bonchev–Trinajstić information content (AvgIpc) is 2.88. The van der Waals surface area contributed by atoms with Crippen molar-refractivity contribution in [3.63, 3.8) is 0 Å². The molecule has 0 unspecified atom stereocenters. The number of rotatable bonds is 3. The molecular formula is C16H18FN3OS. The van der Waals surface area contributed by atoms with Gasteiger partial charge in [0.25, 0.3) is 5.91 Å². The fourth-order valence-electron chi connectivity index (χ4n) is 2.60. The van der Waals surface area contributed by atoms with E-state index in [9.17, 15) is 9.18 Å². The van der Waals surface area contributed by atoms with Gasteiger partial charge in [-0.25, -0.2) is 4.39 Å². The summed E-state index contributed by atoms with van der Waals surface area (Å²) < 4.78 is 12.9. The molecule has 1 heterocycles. The number of halogens is 1. The van der Waals surface area contributed by atoms with E-state index in [0.717, 1.165) is 18.4 Å². The van der Waals surface area contributed by atoms with Crippen LogP contribution in [0.2, 0.25) is 0 Å². The summed E-state index contributed by atoms with van der Waals surface area (Å²) >= 11 is 1.44. The molecule has 0 spiro atoms. The van der Waals surface area contributed by atoms with Crippen LogP contribution in [0.25, 0.3) is 0 Å². The van der Waals surface area contributed by atoms with Gasteiger partial charge in [-0.05, 0) is 30.5 Å². The maximum atomic E-state index is 12.9. The molecule has 1 aliphatic carbocycles. The maximum Gasteiger partial charge on any atom is 0.259 e. The lowest BCUT2D eigenvalue weighted by molar-refractivity contribution is -0.124. The number of aliphatic imine (C=N–C) groups is 1. The molecule has 22 heavy (non-hydrogen) atoms. The highest BCUT2D eigenvalue weighted by Crippen LogP contribution is 2.25. The summed E-state index contributed by atoms with van der Waals surface area (Å²) in [5.74, 6) is 0.0363. The SMILES string of the molecule is O=C1CSC(=NC2CCCCC2)N1/N=C/c1ccc(F)cc1. The van der Waals surface area contributed by atoms with Gasteiger partial charge in [0.15, 0.2) is 5.17 Å². The number of benzene rings is 1. The van der Waals surface area contributed by atoms with Crippen LogP contribution in [0.1, 0.15) is 37.7 Å². The molecule has 1 amide bonds. The summed E-state index contributed by atoms with van der Waals surface area (Å²) in [5.41, 5.74) is 0.753. The third kappa shape index (κ3) is 3.74.